The summed E-state index contributed by atoms with van der Waals surface area (Å²) in [7, 11) is -0.576. The molecule has 0 spiro atoms. The predicted molar refractivity (Wildman–Crippen MR) is 85.8 cm³/mol. The minimum absolute atomic E-state index is 0.00734. The molecular weight excluding hydrogens is 321 g/mol. The zero-order chi connectivity index (χ0) is 17.2. The average molecular weight is 343 g/mol. The molecule has 2 rings (SSSR count). The molecule has 1 amide bonds. The van der Waals surface area contributed by atoms with Gasteiger partial charge in [0, 0.05) is 26.2 Å². The lowest BCUT2D eigenvalue weighted by Gasteiger charge is -2.18. The lowest BCUT2D eigenvalue weighted by molar-refractivity contribution is 0.0933. The summed E-state index contributed by atoms with van der Waals surface area (Å²) >= 11 is 0. The standard InChI is InChI=1S/C15H22FN3O3S/c1-10-4-7-13(14(16)8-10)15(20)17-11-5-6-12(9-11)18-23(21,22)19(2)3/h4,7-8,11-12,18H,5-6,9H2,1-3H3,(H,17,20)/t11-,12+/m0/s1. The summed E-state index contributed by atoms with van der Waals surface area (Å²) in [5, 5.41) is 2.77. The third-order valence-corrected chi connectivity index (χ3v) is 5.53. The van der Waals surface area contributed by atoms with Crippen LogP contribution in [0, 0.1) is 12.7 Å². The summed E-state index contributed by atoms with van der Waals surface area (Å²) in [6.07, 6.45) is 1.78. The Morgan fingerprint density at radius 2 is 1.91 bits per heavy atom. The van der Waals surface area contributed by atoms with E-state index in [4.69, 9.17) is 0 Å². The summed E-state index contributed by atoms with van der Waals surface area (Å²) in [5.41, 5.74) is 0.756. The Balaban J connectivity index is 1.94. The van der Waals surface area contributed by atoms with Gasteiger partial charge in [-0.25, -0.2) is 4.39 Å². The zero-order valence-electron chi connectivity index (χ0n) is 13.5. The van der Waals surface area contributed by atoms with Gasteiger partial charge in [-0.2, -0.15) is 17.4 Å². The van der Waals surface area contributed by atoms with Crippen LogP contribution >= 0.6 is 0 Å². The fourth-order valence-electron chi connectivity index (χ4n) is 2.60. The number of halogens is 1. The molecule has 0 saturated heterocycles. The number of rotatable bonds is 5. The van der Waals surface area contributed by atoms with Gasteiger partial charge in [-0.15, -0.1) is 0 Å². The van der Waals surface area contributed by atoms with Crippen molar-refractivity contribution in [2.24, 2.45) is 0 Å². The molecule has 128 valence electrons. The first kappa shape index (κ1) is 17.8. The number of benzene rings is 1. The van der Waals surface area contributed by atoms with Crippen molar-refractivity contribution in [1.29, 1.82) is 0 Å². The Hall–Kier alpha value is -1.51. The fourth-order valence-corrected chi connectivity index (χ4v) is 3.45. The molecule has 23 heavy (non-hydrogen) atoms. The van der Waals surface area contributed by atoms with Crippen LogP contribution in [-0.4, -0.2) is 44.8 Å². The van der Waals surface area contributed by atoms with Crippen molar-refractivity contribution in [2.75, 3.05) is 14.1 Å². The largest absolute Gasteiger partial charge is 0.349 e. The van der Waals surface area contributed by atoms with E-state index in [9.17, 15) is 17.6 Å². The van der Waals surface area contributed by atoms with Crippen LogP contribution in [0.15, 0.2) is 18.2 Å². The second kappa shape index (κ2) is 6.94. The molecule has 1 aromatic carbocycles. The zero-order valence-corrected chi connectivity index (χ0v) is 14.3. The van der Waals surface area contributed by atoms with Gasteiger partial charge in [0.15, 0.2) is 0 Å². The summed E-state index contributed by atoms with van der Waals surface area (Å²) < 4.78 is 41.1. The summed E-state index contributed by atoms with van der Waals surface area (Å²) in [6.45, 7) is 1.75. The Morgan fingerprint density at radius 3 is 2.52 bits per heavy atom. The summed E-state index contributed by atoms with van der Waals surface area (Å²) in [5.74, 6) is -1.02. The van der Waals surface area contributed by atoms with Crippen LogP contribution in [0.25, 0.3) is 0 Å². The number of hydrogen-bond donors (Lipinski definition) is 2. The third-order valence-electron chi connectivity index (χ3n) is 3.93. The van der Waals surface area contributed by atoms with E-state index in [0.29, 0.717) is 19.3 Å². The molecule has 0 aromatic heterocycles. The Labute approximate surface area is 136 Å². The molecule has 1 fully saturated rings. The van der Waals surface area contributed by atoms with Crippen molar-refractivity contribution >= 4 is 16.1 Å². The van der Waals surface area contributed by atoms with E-state index >= 15 is 0 Å². The van der Waals surface area contributed by atoms with Gasteiger partial charge in [0.05, 0.1) is 5.56 Å². The van der Waals surface area contributed by atoms with Crippen LogP contribution < -0.4 is 10.0 Å². The number of hydrogen-bond acceptors (Lipinski definition) is 3. The molecule has 1 aliphatic rings. The molecule has 6 nitrogen and oxygen atoms in total. The number of nitrogens with one attached hydrogen (secondary N) is 2. The van der Waals surface area contributed by atoms with Crippen molar-refractivity contribution in [3.8, 4) is 0 Å². The fraction of sp³-hybridized carbons (Fsp3) is 0.533. The molecule has 0 unspecified atom stereocenters. The molecule has 1 aliphatic carbocycles. The van der Waals surface area contributed by atoms with E-state index in [2.05, 4.69) is 10.0 Å². The number of amides is 1. The number of carbonyl (C=O) groups excluding carboxylic acids is 1. The smallest absolute Gasteiger partial charge is 0.279 e. The van der Waals surface area contributed by atoms with Crippen molar-refractivity contribution < 1.29 is 17.6 Å². The van der Waals surface area contributed by atoms with Gasteiger partial charge in [0.1, 0.15) is 5.82 Å². The average Bonchev–Trinajstić information content (AvgIpc) is 2.84. The van der Waals surface area contributed by atoms with Crippen LogP contribution in [0.3, 0.4) is 0 Å². The monoisotopic (exact) mass is 343 g/mol. The van der Waals surface area contributed by atoms with E-state index in [0.717, 1.165) is 9.87 Å². The Kier molecular flexibility index (Phi) is 5.38. The van der Waals surface area contributed by atoms with E-state index in [1.165, 1.54) is 26.2 Å². The van der Waals surface area contributed by atoms with Crippen molar-refractivity contribution in [3.63, 3.8) is 0 Å². The van der Waals surface area contributed by atoms with Crippen LogP contribution in [0.4, 0.5) is 4.39 Å². The van der Waals surface area contributed by atoms with Crippen LogP contribution in [0.1, 0.15) is 35.2 Å². The molecule has 8 heteroatoms. The lowest BCUT2D eigenvalue weighted by atomic mass is 10.1. The van der Waals surface area contributed by atoms with Crippen molar-refractivity contribution in [3.05, 3.63) is 35.1 Å². The molecule has 1 saturated carbocycles. The van der Waals surface area contributed by atoms with E-state index in [1.54, 1.807) is 13.0 Å². The maximum absolute atomic E-state index is 13.8. The molecule has 0 radical (unpaired) electrons. The maximum atomic E-state index is 13.8. The maximum Gasteiger partial charge on any atom is 0.279 e. The van der Waals surface area contributed by atoms with E-state index < -0.39 is 21.9 Å². The number of nitrogens with zero attached hydrogens (tertiary/aromatic N) is 1. The first-order valence-electron chi connectivity index (χ1n) is 7.46. The molecule has 0 aliphatic heterocycles. The Bertz CT molecular complexity index is 691. The topological polar surface area (TPSA) is 78.5 Å². The normalized spacial score (nSPS) is 21.6. The van der Waals surface area contributed by atoms with Crippen LogP contribution in [0.2, 0.25) is 0 Å². The minimum Gasteiger partial charge on any atom is -0.349 e. The van der Waals surface area contributed by atoms with Gasteiger partial charge in [-0.1, -0.05) is 6.07 Å². The highest BCUT2D eigenvalue weighted by Crippen LogP contribution is 2.21. The Morgan fingerprint density at radius 1 is 1.26 bits per heavy atom. The highest BCUT2D eigenvalue weighted by Gasteiger charge is 2.30. The molecule has 2 atom stereocenters. The van der Waals surface area contributed by atoms with Gasteiger partial charge in [0.25, 0.3) is 16.1 Å². The minimum atomic E-state index is -3.49. The summed E-state index contributed by atoms with van der Waals surface area (Å²) in [4.78, 5) is 12.1. The summed E-state index contributed by atoms with van der Waals surface area (Å²) in [6, 6.07) is 4.06. The van der Waals surface area contributed by atoms with Gasteiger partial charge >= 0.3 is 0 Å². The highest BCUT2D eigenvalue weighted by atomic mass is 32.2. The highest BCUT2D eigenvalue weighted by molar-refractivity contribution is 7.87. The van der Waals surface area contributed by atoms with Gasteiger partial charge < -0.3 is 5.32 Å². The SMILES string of the molecule is Cc1ccc(C(=O)N[C@H]2CC[C@@H](NS(=O)(=O)N(C)C)C2)c(F)c1. The van der Waals surface area contributed by atoms with Gasteiger partial charge in [-0.3, -0.25) is 4.79 Å². The predicted octanol–water partition coefficient (Wildman–Crippen LogP) is 1.18. The molecular formula is C15H22FN3O3S. The van der Waals surface area contributed by atoms with Crippen LogP contribution in [-0.2, 0) is 10.2 Å². The number of carbonyl (C=O) groups is 1. The molecule has 0 bridgehead atoms. The molecule has 2 N–H and O–H groups in total. The van der Waals surface area contributed by atoms with Gasteiger partial charge in [0.2, 0.25) is 0 Å². The first-order valence-corrected chi connectivity index (χ1v) is 8.90. The lowest BCUT2D eigenvalue weighted by Crippen LogP contribution is -2.42. The van der Waals surface area contributed by atoms with E-state index in [1.807, 2.05) is 0 Å². The van der Waals surface area contributed by atoms with Crippen molar-refractivity contribution in [2.45, 2.75) is 38.3 Å². The first-order chi connectivity index (χ1) is 10.7. The molecule has 0 heterocycles. The second-order valence-corrected chi connectivity index (χ2v) is 7.99. The third kappa shape index (κ3) is 4.49. The van der Waals surface area contributed by atoms with E-state index in [-0.39, 0.29) is 17.6 Å². The number of aryl methyl sites for hydroxylation is 1. The quantitative estimate of drug-likeness (QED) is 0.843. The van der Waals surface area contributed by atoms with Crippen molar-refractivity contribution in [1.82, 2.24) is 14.3 Å². The van der Waals surface area contributed by atoms with Crippen LogP contribution in [0.5, 0.6) is 0 Å². The van der Waals surface area contributed by atoms with Gasteiger partial charge in [-0.05, 0) is 43.9 Å². The second-order valence-electron chi connectivity index (χ2n) is 6.07. The molecule has 1 aromatic rings.